The van der Waals surface area contributed by atoms with E-state index < -0.39 is 0 Å². The van der Waals surface area contributed by atoms with Crippen molar-refractivity contribution in [2.45, 2.75) is 13.8 Å². The molecule has 1 aromatic heterocycles. The topological polar surface area (TPSA) is 58.0 Å². The molecule has 6 heteroatoms. The zero-order valence-electron chi connectivity index (χ0n) is 13.3. The molecule has 1 fully saturated rings. The maximum absolute atomic E-state index is 10.4. The number of aliphatic imine (C=N–C) groups is 1. The highest BCUT2D eigenvalue weighted by Crippen LogP contribution is 2.18. The van der Waals surface area contributed by atoms with Gasteiger partial charge in [0.2, 0.25) is 0 Å². The van der Waals surface area contributed by atoms with Crippen LogP contribution in [0, 0.1) is 0 Å². The van der Waals surface area contributed by atoms with E-state index in [0.29, 0.717) is 5.70 Å². The molecule has 2 heterocycles. The molecule has 118 valence electrons. The molecule has 1 aliphatic rings. The van der Waals surface area contributed by atoms with Gasteiger partial charge in [0.15, 0.2) is 0 Å². The van der Waals surface area contributed by atoms with Gasteiger partial charge in [0, 0.05) is 25.8 Å². The maximum atomic E-state index is 10.4. The van der Waals surface area contributed by atoms with Gasteiger partial charge in [-0.3, -0.25) is 4.79 Å². The van der Waals surface area contributed by atoms with Crippen LogP contribution >= 0.6 is 0 Å². The minimum Gasteiger partial charge on any atom is -0.378 e. The van der Waals surface area contributed by atoms with Crippen molar-refractivity contribution in [3.05, 3.63) is 30.1 Å². The first-order valence-electron chi connectivity index (χ1n) is 7.31. The minimum atomic E-state index is 0.678. The first kappa shape index (κ1) is 16.2. The molecular weight excluding hydrogens is 280 g/mol. The Morgan fingerprint density at radius 2 is 2.09 bits per heavy atom. The summed E-state index contributed by atoms with van der Waals surface area (Å²) in [7, 11) is 1.93. The molecule has 1 aromatic rings. The molecular formula is C16H22N4O2. The lowest BCUT2D eigenvalue weighted by molar-refractivity contribution is -0.104. The lowest BCUT2D eigenvalue weighted by Crippen LogP contribution is -2.36. The van der Waals surface area contributed by atoms with Crippen LogP contribution in [0.1, 0.15) is 13.8 Å². The largest absolute Gasteiger partial charge is 0.378 e. The quantitative estimate of drug-likeness (QED) is 0.368. The number of ether oxygens (including phenoxy) is 1. The molecule has 0 aromatic carbocycles. The third-order valence-corrected chi connectivity index (χ3v) is 3.59. The lowest BCUT2D eigenvalue weighted by Gasteiger charge is -2.28. The van der Waals surface area contributed by atoms with Crippen LogP contribution in [0.5, 0.6) is 0 Å². The number of aldehydes is 1. The van der Waals surface area contributed by atoms with Gasteiger partial charge in [0.05, 0.1) is 25.1 Å². The van der Waals surface area contributed by atoms with E-state index in [-0.39, 0.29) is 0 Å². The summed E-state index contributed by atoms with van der Waals surface area (Å²) in [5.41, 5.74) is 1.63. The molecule has 2 rings (SSSR count). The number of anilines is 2. The number of rotatable bonds is 4. The van der Waals surface area contributed by atoms with Gasteiger partial charge in [-0.1, -0.05) is 0 Å². The summed E-state index contributed by atoms with van der Waals surface area (Å²) in [4.78, 5) is 23.5. The summed E-state index contributed by atoms with van der Waals surface area (Å²) in [6, 6.07) is 4.04. The number of pyridine rings is 1. The van der Waals surface area contributed by atoms with E-state index in [2.05, 4.69) is 14.9 Å². The first-order valence-corrected chi connectivity index (χ1v) is 7.31. The SMILES string of the molecule is CC(=N/C(C)=C\C=O)N(C)c1ccc(N2CCOCC2)nc1. The summed E-state index contributed by atoms with van der Waals surface area (Å²) in [6.45, 7) is 6.94. The van der Waals surface area contributed by atoms with Crippen LogP contribution in [0.25, 0.3) is 0 Å². The van der Waals surface area contributed by atoms with Crippen LogP contribution in [0.4, 0.5) is 11.5 Å². The molecule has 1 saturated heterocycles. The fourth-order valence-corrected chi connectivity index (χ4v) is 2.21. The molecule has 0 spiro atoms. The average molecular weight is 302 g/mol. The lowest BCUT2D eigenvalue weighted by atomic mass is 10.3. The van der Waals surface area contributed by atoms with E-state index in [9.17, 15) is 4.79 Å². The monoisotopic (exact) mass is 302 g/mol. The Bertz CT molecular complexity index is 560. The Hall–Kier alpha value is -2.21. The van der Waals surface area contributed by atoms with Gasteiger partial charge in [0.25, 0.3) is 0 Å². The minimum absolute atomic E-state index is 0.678. The second-order valence-electron chi connectivity index (χ2n) is 5.14. The fourth-order valence-electron chi connectivity index (χ4n) is 2.21. The summed E-state index contributed by atoms with van der Waals surface area (Å²) in [6.07, 6.45) is 4.02. The molecule has 0 N–H and O–H groups in total. The van der Waals surface area contributed by atoms with Crippen LogP contribution in [0.2, 0.25) is 0 Å². The number of amidine groups is 1. The van der Waals surface area contributed by atoms with Crippen LogP contribution in [0.15, 0.2) is 35.1 Å². The smallest absolute Gasteiger partial charge is 0.144 e. The van der Waals surface area contributed by atoms with E-state index >= 15 is 0 Å². The number of nitrogens with zero attached hydrogens (tertiary/aromatic N) is 4. The molecule has 0 radical (unpaired) electrons. The molecule has 22 heavy (non-hydrogen) atoms. The van der Waals surface area contributed by atoms with Gasteiger partial charge < -0.3 is 14.5 Å². The van der Waals surface area contributed by atoms with Gasteiger partial charge in [-0.05, 0) is 32.1 Å². The number of morpholine rings is 1. The number of carbonyl (C=O) groups excluding carboxylic acids is 1. The van der Waals surface area contributed by atoms with Crippen molar-refractivity contribution < 1.29 is 9.53 Å². The average Bonchev–Trinajstić information content (AvgIpc) is 2.55. The third kappa shape index (κ3) is 4.14. The Morgan fingerprint density at radius 3 is 2.68 bits per heavy atom. The van der Waals surface area contributed by atoms with Crippen LogP contribution in [-0.2, 0) is 9.53 Å². The highest BCUT2D eigenvalue weighted by atomic mass is 16.5. The van der Waals surface area contributed by atoms with E-state index in [0.717, 1.165) is 49.9 Å². The fraction of sp³-hybridized carbons (Fsp3) is 0.438. The number of hydrogen-bond donors (Lipinski definition) is 0. The predicted molar refractivity (Wildman–Crippen MR) is 88.6 cm³/mol. The van der Waals surface area contributed by atoms with Crippen LogP contribution in [0.3, 0.4) is 0 Å². The van der Waals surface area contributed by atoms with Gasteiger partial charge in [0.1, 0.15) is 17.9 Å². The molecule has 0 aliphatic carbocycles. The highest BCUT2D eigenvalue weighted by molar-refractivity contribution is 5.96. The Morgan fingerprint density at radius 1 is 1.36 bits per heavy atom. The first-order chi connectivity index (χ1) is 10.6. The summed E-state index contributed by atoms with van der Waals surface area (Å²) in [5, 5.41) is 0. The second kappa shape index (κ2) is 7.70. The van der Waals surface area contributed by atoms with Crippen LogP contribution < -0.4 is 9.80 Å². The van der Waals surface area contributed by atoms with E-state index in [1.807, 2.05) is 37.2 Å². The van der Waals surface area contributed by atoms with Crippen molar-refractivity contribution in [1.82, 2.24) is 4.98 Å². The van der Waals surface area contributed by atoms with Crippen molar-refractivity contribution in [3.8, 4) is 0 Å². The molecule has 0 unspecified atom stereocenters. The van der Waals surface area contributed by atoms with Gasteiger partial charge in [-0.2, -0.15) is 0 Å². The maximum Gasteiger partial charge on any atom is 0.144 e. The zero-order valence-corrected chi connectivity index (χ0v) is 13.3. The molecule has 0 saturated carbocycles. The molecule has 0 amide bonds. The molecule has 6 nitrogen and oxygen atoms in total. The van der Waals surface area contributed by atoms with Gasteiger partial charge in [-0.25, -0.2) is 9.98 Å². The predicted octanol–water partition coefficient (Wildman–Crippen LogP) is 1.88. The number of aromatic nitrogens is 1. The normalized spacial score (nSPS) is 16.6. The van der Waals surface area contributed by atoms with Crippen LogP contribution in [-0.4, -0.2) is 50.5 Å². The van der Waals surface area contributed by atoms with Gasteiger partial charge >= 0.3 is 0 Å². The molecule has 1 aliphatic heterocycles. The summed E-state index contributed by atoms with van der Waals surface area (Å²) < 4.78 is 5.35. The zero-order chi connectivity index (χ0) is 15.9. The van der Waals surface area contributed by atoms with Crippen molar-refractivity contribution in [2.24, 2.45) is 4.99 Å². The van der Waals surface area contributed by atoms with E-state index in [1.54, 1.807) is 6.92 Å². The summed E-state index contributed by atoms with van der Waals surface area (Å²) >= 11 is 0. The van der Waals surface area contributed by atoms with E-state index in [4.69, 9.17) is 4.74 Å². The van der Waals surface area contributed by atoms with Crippen molar-refractivity contribution in [2.75, 3.05) is 43.2 Å². The second-order valence-corrected chi connectivity index (χ2v) is 5.14. The summed E-state index contributed by atoms with van der Waals surface area (Å²) in [5.74, 6) is 1.77. The number of allylic oxidation sites excluding steroid dienone is 2. The molecule has 0 atom stereocenters. The Labute approximate surface area is 131 Å². The number of carbonyl (C=O) groups is 1. The number of hydrogen-bond acceptors (Lipinski definition) is 5. The van der Waals surface area contributed by atoms with Crippen molar-refractivity contribution in [3.63, 3.8) is 0 Å². The Kier molecular flexibility index (Phi) is 5.66. The molecule has 0 bridgehead atoms. The standard InChI is InChI=1S/C16H22N4O2/c1-13(6-9-21)18-14(2)19(3)15-4-5-16(17-12-15)20-7-10-22-11-8-20/h4-6,9,12H,7-8,10-11H2,1-3H3/b13-6-,18-14?. The third-order valence-electron chi connectivity index (χ3n) is 3.59. The van der Waals surface area contributed by atoms with Crippen molar-refractivity contribution >= 4 is 23.6 Å². The van der Waals surface area contributed by atoms with E-state index in [1.165, 1.54) is 6.08 Å². The van der Waals surface area contributed by atoms with Crippen molar-refractivity contribution in [1.29, 1.82) is 0 Å². The Balaban J connectivity index is 2.08. The van der Waals surface area contributed by atoms with Gasteiger partial charge in [-0.15, -0.1) is 0 Å². The highest BCUT2D eigenvalue weighted by Gasteiger charge is 2.13.